The molecule has 1 amide bonds. The molecule has 1 atom stereocenters. The molecular weight excluding hydrogens is 346 g/mol. The monoisotopic (exact) mass is 371 g/mol. The Morgan fingerprint density at radius 1 is 0.929 bits per heavy atom. The molecular formula is C25H25NO2. The molecule has 0 aliphatic heterocycles. The molecule has 0 spiro atoms. The molecule has 3 aromatic rings. The van der Waals surface area contributed by atoms with Crippen LogP contribution >= 0.6 is 0 Å². The van der Waals surface area contributed by atoms with Crippen molar-refractivity contribution in [3.05, 3.63) is 95.6 Å². The lowest BCUT2D eigenvalue weighted by Crippen LogP contribution is -2.26. The Morgan fingerprint density at radius 2 is 1.68 bits per heavy atom. The first-order valence-corrected chi connectivity index (χ1v) is 9.93. The maximum Gasteiger partial charge on any atom is 0.407 e. The predicted octanol–water partition coefficient (Wildman–Crippen LogP) is 5.70. The van der Waals surface area contributed by atoms with Gasteiger partial charge in [-0.3, -0.25) is 0 Å². The van der Waals surface area contributed by atoms with Gasteiger partial charge in [-0.2, -0.15) is 0 Å². The number of fused-ring (bicyclic) bond motifs is 1. The second kappa shape index (κ2) is 8.75. The summed E-state index contributed by atoms with van der Waals surface area (Å²) in [6, 6.07) is 26.9. The van der Waals surface area contributed by atoms with Crippen molar-refractivity contribution in [2.75, 3.05) is 6.54 Å². The van der Waals surface area contributed by atoms with Gasteiger partial charge in [-0.1, -0.05) is 78.9 Å². The molecule has 142 valence electrons. The van der Waals surface area contributed by atoms with Crippen LogP contribution in [-0.2, 0) is 17.8 Å². The lowest BCUT2D eigenvalue weighted by atomic mass is 9.93. The molecule has 0 heterocycles. The fourth-order valence-corrected chi connectivity index (χ4v) is 4.05. The van der Waals surface area contributed by atoms with Gasteiger partial charge >= 0.3 is 6.09 Å². The smallest absolute Gasteiger partial charge is 0.407 e. The maximum absolute atomic E-state index is 11.9. The summed E-state index contributed by atoms with van der Waals surface area (Å²) < 4.78 is 5.29. The van der Waals surface area contributed by atoms with E-state index in [1.807, 2.05) is 30.3 Å². The summed E-state index contributed by atoms with van der Waals surface area (Å²) in [5, 5.41) is 2.90. The lowest BCUT2D eigenvalue weighted by Gasteiger charge is -2.14. The number of carbonyl (C=O) groups is 1. The minimum absolute atomic E-state index is 0.305. The normalized spacial score (nSPS) is 15.1. The Balaban J connectivity index is 1.31. The first-order chi connectivity index (χ1) is 13.8. The summed E-state index contributed by atoms with van der Waals surface area (Å²) in [5.41, 5.74) is 6.51. The highest BCUT2D eigenvalue weighted by atomic mass is 16.5. The van der Waals surface area contributed by atoms with E-state index >= 15 is 0 Å². The van der Waals surface area contributed by atoms with Gasteiger partial charge in [-0.15, -0.1) is 0 Å². The zero-order valence-corrected chi connectivity index (χ0v) is 15.9. The fourth-order valence-electron chi connectivity index (χ4n) is 4.05. The van der Waals surface area contributed by atoms with Crippen molar-refractivity contribution in [2.45, 2.75) is 31.8 Å². The Morgan fingerprint density at radius 3 is 2.46 bits per heavy atom. The molecule has 3 nitrogen and oxygen atoms in total. The van der Waals surface area contributed by atoms with Crippen LogP contribution in [0.15, 0.2) is 78.9 Å². The van der Waals surface area contributed by atoms with Crippen LogP contribution in [0.1, 0.15) is 35.4 Å². The van der Waals surface area contributed by atoms with Crippen molar-refractivity contribution in [2.24, 2.45) is 0 Å². The quantitative estimate of drug-likeness (QED) is 0.603. The molecule has 0 saturated carbocycles. The highest BCUT2D eigenvalue weighted by Crippen LogP contribution is 2.40. The van der Waals surface area contributed by atoms with Gasteiger partial charge in [-0.25, -0.2) is 4.79 Å². The van der Waals surface area contributed by atoms with E-state index in [-0.39, 0.29) is 6.09 Å². The van der Waals surface area contributed by atoms with Gasteiger partial charge in [0, 0.05) is 6.54 Å². The van der Waals surface area contributed by atoms with Crippen LogP contribution in [0.3, 0.4) is 0 Å². The third-order valence-electron chi connectivity index (χ3n) is 5.45. The molecule has 1 N–H and O–H groups in total. The molecule has 3 aromatic carbocycles. The van der Waals surface area contributed by atoms with E-state index in [1.54, 1.807) is 0 Å². The molecule has 0 radical (unpaired) electrons. The topological polar surface area (TPSA) is 38.3 Å². The van der Waals surface area contributed by atoms with Crippen molar-refractivity contribution in [1.82, 2.24) is 5.32 Å². The van der Waals surface area contributed by atoms with E-state index in [0.717, 1.165) is 24.8 Å². The zero-order valence-electron chi connectivity index (χ0n) is 15.9. The van der Waals surface area contributed by atoms with Gasteiger partial charge in [0.15, 0.2) is 0 Å². The Bertz CT molecular complexity index is 922. The minimum Gasteiger partial charge on any atom is -0.445 e. The Hall–Kier alpha value is -3.07. The van der Waals surface area contributed by atoms with Gasteiger partial charge in [-0.05, 0) is 53.0 Å². The lowest BCUT2D eigenvalue weighted by molar-refractivity contribution is 0.139. The molecule has 1 aliphatic rings. The van der Waals surface area contributed by atoms with Gasteiger partial charge < -0.3 is 10.1 Å². The second-order valence-electron chi connectivity index (χ2n) is 7.25. The van der Waals surface area contributed by atoms with Crippen molar-refractivity contribution < 1.29 is 9.53 Å². The molecule has 0 aromatic heterocycles. The van der Waals surface area contributed by atoms with Gasteiger partial charge in [0.2, 0.25) is 0 Å². The molecule has 1 unspecified atom stereocenters. The van der Waals surface area contributed by atoms with Crippen LogP contribution in [0.25, 0.3) is 11.1 Å². The van der Waals surface area contributed by atoms with Gasteiger partial charge in [0.05, 0.1) is 0 Å². The Labute approximate surface area is 166 Å². The average Bonchev–Trinajstić information content (AvgIpc) is 3.17. The summed E-state index contributed by atoms with van der Waals surface area (Å²) in [6.45, 7) is 0.937. The average molecular weight is 371 g/mol. The van der Waals surface area contributed by atoms with E-state index in [0.29, 0.717) is 19.1 Å². The van der Waals surface area contributed by atoms with Crippen molar-refractivity contribution in [1.29, 1.82) is 0 Å². The van der Waals surface area contributed by atoms with Crippen molar-refractivity contribution >= 4 is 6.09 Å². The molecule has 1 aliphatic carbocycles. The molecule has 28 heavy (non-hydrogen) atoms. The second-order valence-corrected chi connectivity index (χ2v) is 7.25. The fraction of sp³-hybridized carbons (Fsp3) is 0.240. The van der Waals surface area contributed by atoms with Crippen molar-refractivity contribution in [3.8, 4) is 11.1 Å². The molecule has 0 bridgehead atoms. The van der Waals surface area contributed by atoms with E-state index < -0.39 is 0 Å². The van der Waals surface area contributed by atoms with Crippen LogP contribution in [0.2, 0.25) is 0 Å². The highest BCUT2D eigenvalue weighted by molar-refractivity contribution is 5.70. The summed E-state index contributed by atoms with van der Waals surface area (Å²) in [6.07, 6.45) is 2.83. The molecule has 0 saturated heterocycles. The maximum atomic E-state index is 11.9. The summed E-state index contributed by atoms with van der Waals surface area (Å²) in [5.74, 6) is 0.494. The predicted molar refractivity (Wildman–Crippen MR) is 112 cm³/mol. The van der Waals surface area contributed by atoms with Crippen LogP contribution < -0.4 is 5.32 Å². The third-order valence-corrected chi connectivity index (χ3v) is 5.45. The summed E-state index contributed by atoms with van der Waals surface area (Å²) in [4.78, 5) is 11.9. The molecule has 4 rings (SSSR count). The molecule has 0 fully saturated rings. The standard InChI is InChI=1S/C25H25NO2/c27-25(28-18-19-8-3-1-4-9-19)26-17-16-21-14-15-24-22(12-7-13-23(21)24)20-10-5-2-6-11-20/h1-13,21H,14-18H2,(H,26,27). The number of hydrogen-bond donors (Lipinski definition) is 1. The van der Waals surface area contributed by atoms with Crippen LogP contribution in [0, 0.1) is 0 Å². The van der Waals surface area contributed by atoms with Crippen molar-refractivity contribution in [3.63, 3.8) is 0 Å². The number of ether oxygens (including phenoxy) is 1. The first-order valence-electron chi connectivity index (χ1n) is 9.93. The number of hydrogen-bond acceptors (Lipinski definition) is 2. The minimum atomic E-state index is -0.347. The number of benzene rings is 3. The first kappa shape index (κ1) is 18.3. The van der Waals surface area contributed by atoms with Crippen LogP contribution in [0.5, 0.6) is 0 Å². The number of amides is 1. The van der Waals surface area contributed by atoms with Gasteiger partial charge in [0.25, 0.3) is 0 Å². The molecule has 3 heteroatoms. The summed E-state index contributed by atoms with van der Waals surface area (Å²) in [7, 11) is 0. The van der Waals surface area contributed by atoms with Gasteiger partial charge in [0.1, 0.15) is 6.61 Å². The van der Waals surface area contributed by atoms with E-state index in [4.69, 9.17) is 4.74 Å². The third kappa shape index (κ3) is 4.25. The number of carbonyl (C=O) groups excluding carboxylic acids is 1. The van der Waals surface area contributed by atoms with Crippen LogP contribution in [0.4, 0.5) is 4.79 Å². The number of rotatable bonds is 6. The Kier molecular flexibility index (Phi) is 5.72. The van der Waals surface area contributed by atoms with E-state index in [2.05, 4.69) is 53.8 Å². The summed E-state index contributed by atoms with van der Waals surface area (Å²) >= 11 is 0. The van der Waals surface area contributed by atoms with E-state index in [9.17, 15) is 4.79 Å². The number of nitrogens with one attached hydrogen (secondary N) is 1. The zero-order chi connectivity index (χ0) is 19.2. The largest absolute Gasteiger partial charge is 0.445 e. The van der Waals surface area contributed by atoms with Crippen LogP contribution in [-0.4, -0.2) is 12.6 Å². The van der Waals surface area contributed by atoms with E-state index in [1.165, 1.54) is 22.3 Å². The SMILES string of the molecule is O=C(NCCC1CCc2c(-c3ccccc3)cccc21)OCc1ccccc1. The highest BCUT2D eigenvalue weighted by Gasteiger charge is 2.24. The number of alkyl carbamates (subject to hydrolysis) is 1.